The van der Waals surface area contributed by atoms with Gasteiger partial charge >= 0.3 is 0 Å². The molecule has 2 aliphatic rings. The number of benzene rings is 1. The number of carbonyl (C=O) groups is 1. The van der Waals surface area contributed by atoms with Crippen LogP contribution >= 0.6 is 0 Å². The molecule has 1 amide bonds. The standard InChI is InChI=1S/C19H21FN4O2/c20-15-3-1-13(2-4-15)9-24-10-16-14(12-26-18(16)11-24)7-23-19(25)17-8-21-5-6-22-17/h1-6,8,14,16,18H,7,9-12H2,(H,23,25)/t14-,16-,18-/m1/s1. The second-order valence-corrected chi connectivity index (χ2v) is 6.92. The van der Waals surface area contributed by atoms with Gasteiger partial charge < -0.3 is 10.1 Å². The monoisotopic (exact) mass is 356 g/mol. The number of likely N-dealkylation sites (tertiary alicyclic amines) is 1. The normalized spacial score (nSPS) is 25.2. The van der Waals surface area contributed by atoms with E-state index < -0.39 is 0 Å². The number of nitrogens with zero attached hydrogens (tertiary/aromatic N) is 3. The van der Waals surface area contributed by atoms with Gasteiger partial charge in [0.2, 0.25) is 0 Å². The van der Waals surface area contributed by atoms with Gasteiger partial charge in [-0.3, -0.25) is 14.7 Å². The molecule has 0 bridgehead atoms. The minimum absolute atomic E-state index is 0.203. The number of nitrogens with one attached hydrogen (secondary N) is 1. The zero-order valence-electron chi connectivity index (χ0n) is 14.3. The zero-order chi connectivity index (χ0) is 17.9. The van der Waals surface area contributed by atoms with Gasteiger partial charge in [-0.05, 0) is 17.7 Å². The fourth-order valence-corrected chi connectivity index (χ4v) is 3.80. The first-order valence-electron chi connectivity index (χ1n) is 8.81. The van der Waals surface area contributed by atoms with Crippen LogP contribution in [0.2, 0.25) is 0 Å². The lowest BCUT2D eigenvalue weighted by molar-refractivity contribution is 0.0901. The van der Waals surface area contributed by atoms with Crippen molar-refractivity contribution in [3.05, 3.63) is 59.9 Å². The van der Waals surface area contributed by atoms with Gasteiger partial charge in [0, 0.05) is 50.4 Å². The first kappa shape index (κ1) is 17.1. The van der Waals surface area contributed by atoms with Crippen LogP contribution in [0.4, 0.5) is 4.39 Å². The summed E-state index contributed by atoms with van der Waals surface area (Å²) in [5.41, 5.74) is 1.42. The van der Waals surface area contributed by atoms with Gasteiger partial charge in [-0.1, -0.05) is 12.1 Å². The molecule has 7 heteroatoms. The molecule has 6 nitrogen and oxygen atoms in total. The maximum absolute atomic E-state index is 13.0. The van der Waals surface area contributed by atoms with Gasteiger partial charge in [-0.25, -0.2) is 9.37 Å². The number of halogens is 1. The highest BCUT2D eigenvalue weighted by Gasteiger charge is 2.43. The molecule has 0 aliphatic carbocycles. The van der Waals surface area contributed by atoms with Crippen LogP contribution < -0.4 is 5.32 Å². The second-order valence-electron chi connectivity index (χ2n) is 6.92. The molecule has 1 aromatic heterocycles. The van der Waals surface area contributed by atoms with Crippen LogP contribution in [0, 0.1) is 17.7 Å². The van der Waals surface area contributed by atoms with Crippen molar-refractivity contribution in [1.29, 1.82) is 0 Å². The summed E-state index contributed by atoms with van der Waals surface area (Å²) in [7, 11) is 0. The highest BCUT2D eigenvalue weighted by Crippen LogP contribution is 2.34. The van der Waals surface area contributed by atoms with E-state index in [1.165, 1.54) is 24.5 Å². The fourth-order valence-electron chi connectivity index (χ4n) is 3.80. The summed E-state index contributed by atoms with van der Waals surface area (Å²) in [6.07, 6.45) is 4.71. The van der Waals surface area contributed by atoms with E-state index in [2.05, 4.69) is 20.2 Å². The SMILES string of the molecule is O=C(NC[C@@H]1CO[C@@H]2CN(Cc3ccc(F)cc3)C[C@H]12)c1cnccn1. The second kappa shape index (κ2) is 7.47. The minimum atomic E-state index is -0.214. The number of rotatable bonds is 5. The Labute approximate surface area is 151 Å². The molecule has 2 fully saturated rings. The molecule has 0 saturated carbocycles. The van der Waals surface area contributed by atoms with Crippen molar-refractivity contribution < 1.29 is 13.9 Å². The van der Waals surface area contributed by atoms with Crippen molar-refractivity contribution in [2.24, 2.45) is 11.8 Å². The van der Waals surface area contributed by atoms with Crippen LogP contribution in [-0.2, 0) is 11.3 Å². The number of hydrogen-bond acceptors (Lipinski definition) is 5. The molecule has 1 N–H and O–H groups in total. The average Bonchev–Trinajstić information content (AvgIpc) is 3.23. The van der Waals surface area contributed by atoms with Crippen molar-refractivity contribution in [2.75, 3.05) is 26.2 Å². The molecule has 1 aromatic carbocycles. The Bertz CT molecular complexity index is 756. The van der Waals surface area contributed by atoms with E-state index in [0.717, 1.165) is 25.2 Å². The summed E-state index contributed by atoms with van der Waals surface area (Å²) in [6, 6.07) is 6.63. The molecule has 0 unspecified atom stereocenters. The summed E-state index contributed by atoms with van der Waals surface area (Å²) < 4.78 is 19.0. The third-order valence-corrected chi connectivity index (χ3v) is 5.15. The van der Waals surface area contributed by atoms with E-state index >= 15 is 0 Å². The van der Waals surface area contributed by atoms with Gasteiger partial charge in [0.25, 0.3) is 5.91 Å². The third kappa shape index (κ3) is 3.73. The highest BCUT2D eigenvalue weighted by molar-refractivity contribution is 5.91. The Balaban J connectivity index is 1.30. The Morgan fingerprint density at radius 3 is 2.88 bits per heavy atom. The Morgan fingerprint density at radius 2 is 2.12 bits per heavy atom. The molecule has 3 heterocycles. The summed E-state index contributed by atoms with van der Waals surface area (Å²) in [5.74, 6) is 0.272. The Kier molecular flexibility index (Phi) is 4.90. The summed E-state index contributed by atoms with van der Waals surface area (Å²) >= 11 is 0. The predicted octanol–water partition coefficient (Wildman–Crippen LogP) is 1.49. The fraction of sp³-hybridized carbons (Fsp3) is 0.421. The summed E-state index contributed by atoms with van der Waals surface area (Å²) in [5, 5.41) is 2.94. The van der Waals surface area contributed by atoms with Crippen LogP contribution in [0.15, 0.2) is 42.9 Å². The van der Waals surface area contributed by atoms with Crippen LogP contribution in [0.5, 0.6) is 0 Å². The lowest BCUT2D eigenvalue weighted by Crippen LogP contribution is -2.34. The molecule has 4 rings (SSSR count). The maximum atomic E-state index is 13.0. The van der Waals surface area contributed by atoms with Crippen LogP contribution in [0.1, 0.15) is 16.1 Å². The smallest absolute Gasteiger partial charge is 0.271 e. The van der Waals surface area contributed by atoms with Crippen molar-refractivity contribution in [3.63, 3.8) is 0 Å². The molecule has 2 aliphatic heterocycles. The van der Waals surface area contributed by atoms with Crippen LogP contribution in [0.3, 0.4) is 0 Å². The Hall–Kier alpha value is -2.38. The minimum Gasteiger partial charge on any atom is -0.376 e. The predicted molar refractivity (Wildman–Crippen MR) is 92.8 cm³/mol. The molecule has 2 aromatic rings. The van der Waals surface area contributed by atoms with Crippen molar-refractivity contribution >= 4 is 5.91 Å². The third-order valence-electron chi connectivity index (χ3n) is 5.15. The molecular weight excluding hydrogens is 335 g/mol. The maximum Gasteiger partial charge on any atom is 0.271 e. The molecule has 0 spiro atoms. The summed E-state index contributed by atoms with van der Waals surface area (Å²) in [6.45, 7) is 3.82. The van der Waals surface area contributed by atoms with Gasteiger partial charge in [-0.15, -0.1) is 0 Å². The van der Waals surface area contributed by atoms with Gasteiger partial charge in [-0.2, -0.15) is 0 Å². The molecule has 0 radical (unpaired) electrons. The van der Waals surface area contributed by atoms with Crippen LogP contribution in [-0.4, -0.2) is 53.1 Å². The number of carbonyl (C=O) groups excluding carboxylic acids is 1. The lowest BCUT2D eigenvalue weighted by Gasteiger charge is -2.20. The topological polar surface area (TPSA) is 67.3 Å². The van der Waals surface area contributed by atoms with Gasteiger partial charge in [0.1, 0.15) is 11.5 Å². The van der Waals surface area contributed by atoms with E-state index in [0.29, 0.717) is 30.7 Å². The zero-order valence-corrected chi connectivity index (χ0v) is 14.3. The van der Waals surface area contributed by atoms with Crippen molar-refractivity contribution in [3.8, 4) is 0 Å². The van der Waals surface area contributed by atoms with Crippen molar-refractivity contribution in [2.45, 2.75) is 12.6 Å². The summed E-state index contributed by atoms with van der Waals surface area (Å²) in [4.78, 5) is 22.4. The van der Waals surface area contributed by atoms with E-state index in [4.69, 9.17) is 4.74 Å². The number of aromatic nitrogens is 2. The first-order valence-corrected chi connectivity index (χ1v) is 8.81. The number of fused-ring (bicyclic) bond motifs is 1. The first-order chi connectivity index (χ1) is 12.7. The van der Waals surface area contributed by atoms with E-state index in [1.54, 1.807) is 6.20 Å². The average molecular weight is 356 g/mol. The largest absolute Gasteiger partial charge is 0.376 e. The molecule has 136 valence electrons. The molecular formula is C19H21FN4O2. The quantitative estimate of drug-likeness (QED) is 0.879. The molecule has 26 heavy (non-hydrogen) atoms. The number of hydrogen-bond donors (Lipinski definition) is 1. The van der Waals surface area contributed by atoms with Gasteiger partial charge in [0.05, 0.1) is 18.9 Å². The van der Waals surface area contributed by atoms with Crippen molar-refractivity contribution in [1.82, 2.24) is 20.2 Å². The van der Waals surface area contributed by atoms with E-state index in [-0.39, 0.29) is 17.8 Å². The Morgan fingerprint density at radius 1 is 1.27 bits per heavy atom. The number of amides is 1. The molecule has 2 saturated heterocycles. The molecule has 3 atom stereocenters. The number of ether oxygens (including phenoxy) is 1. The van der Waals surface area contributed by atoms with Crippen LogP contribution in [0.25, 0.3) is 0 Å². The lowest BCUT2D eigenvalue weighted by atomic mass is 9.93. The van der Waals surface area contributed by atoms with E-state index in [9.17, 15) is 9.18 Å². The highest BCUT2D eigenvalue weighted by atomic mass is 19.1. The van der Waals surface area contributed by atoms with Gasteiger partial charge in [0.15, 0.2) is 0 Å². The van der Waals surface area contributed by atoms with E-state index in [1.807, 2.05) is 12.1 Å².